The van der Waals surface area contributed by atoms with E-state index in [-0.39, 0.29) is 125 Å². The highest BCUT2D eigenvalue weighted by Gasteiger charge is 2.57. The molecule has 1 N–H and O–H groups in total. The molecule has 8 aliphatic heterocycles. The number of amides is 11. The zero-order valence-electron chi connectivity index (χ0n) is 82.2. The minimum atomic E-state index is -0.815. The summed E-state index contributed by atoms with van der Waals surface area (Å²) in [5.41, 5.74) is 6.59. The molecule has 4 saturated heterocycles. The number of hydrogen-bond donors (Lipinski definition) is 1. The SMILES string of the molecule is CC(C)CC(=O)N[C@H]1CN(C(=O)c2ccco2)C2CN(CC3CCCCC3)c3ccccc3N2C1=O.CCC[C@H]1C(=O)N(CC2CCCCC2)CC2N(C(=O)c3ccco3)c3cccnc3C(=O)N21.COc1cccc2c1C(=O)N1C(CN(CC3CCCCC3)C(=O)[C@@H]1CC(C)C)N2C(=O)c1ccco1.Cc1ccc2c(c1)CN(C(=O)c1ccco1)C1CN(CC3CCCCC3)C(=O)[C@H](CC(C)C)N21. The van der Waals surface area contributed by atoms with Crippen molar-refractivity contribution in [2.75, 3.05) is 90.5 Å². The van der Waals surface area contributed by atoms with E-state index in [4.69, 9.17) is 22.4 Å². The highest BCUT2D eigenvalue weighted by molar-refractivity contribution is 6.16. The first-order chi connectivity index (χ1) is 67.3. The summed E-state index contributed by atoms with van der Waals surface area (Å²) >= 11 is 0. The van der Waals surface area contributed by atoms with Gasteiger partial charge in [-0.15, -0.1) is 0 Å². The first-order valence-corrected chi connectivity index (χ1v) is 51.3. The first-order valence-electron chi connectivity index (χ1n) is 51.3. The van der Waals surface area contributed by atoms with E-state index in [1.165, 1.54) is 129 Å². The molecule has 4 saturated carbocycles. The maximum atomic E-state index is 14.0. The van der Waals surface area contributed by atoms with E-state index in [1.807, 2.05) is 53.7 Å². The monoisotopic (exact) mass is 1900 g/mol. The number of hydrogen-bond acceptors (Lipinski definition) is 19. The number of piperazine rings is 3. The zero-order chi connectivity index (χ0) is 97.4. The van der Waals surface area contributed by atoms with Gasteiger partial charge in [0.25, 0.3) is 41.4 Å². The third kappa shape index (κ3) is 21.1. The van der Waals surface area contributed by atoms with Crippen molar-refractivity contribution in [2.24, 2.45) is 41.4 Å². The van der Waals surface area contributed by atoms with E-state index in [1.54, 1.807) is 121 Å². The number of methoxy groups -OCH3 is 1. The van der Waals surface area contributed by atoms with Gasteiger partial charge in [0.2, 0.25) is 23.6 Å². The molecule has 740 valence electrons. The first kappa shape index (κ1) is 98.1. The number of carbonyl (C=O) groups excluding carboxylic acids is 11. The van der Waals surface area contributed by atoms with Crippen molar-refractivity contribution in [3.63, 3.8) is 0 Å². The van der Waals surface area contributed by atoms with E-state index >= 15 is 0 Å². The molecule has 8 fully saturated rings. The second kappa shape index (κ2) is 43.9. The minimum absolute atomic E-state index is 0.0168. The Morgan fingerprint density at radius 2 is 0.871 bits per heavy atom. The van der Waals surface area contributed by atoms with Crippen molar-refractivity contribution in [1.29, 1.82) is 0 Å². The second-order valence-electron chi connectivity index (χ2n) is 41.4. The normalized spacial score (nSPS) is 22.9. The van der Waals surface area contributed by atoms with Crippen molar-refractivity contribution in [3.8, 4) is 5.75 Å². The summed E-state index contributed by atoms with van der Waals surface area (Å²) in [6.07, 6.45) is 32.7. The van der Waals surface area contributed by atoms with Crippen LogP contribution < -0.4 is 34.6 Å². The number of aryl methyl sites for hydroxylation is 1. The van der Waals surface area contributed by atoms with Crippen LogP contribution in [0.4, 0.5) is 28.4 Å². The number of pyridine rings is 1. The number of nitrogens with one attached hydrogen (secondary N) is 1. The average Bonchev–Trinajstić information content (AvgIpc) is 1.67. The van der Waals surface area contributed by atoms with Crippen molar-refractivity contribution < 1.29 is 75.1 Å². The van der Waals surface area contributed by atoms with Crippen LogP contribution in [0.5, 0.6) is 5.75 Å². The van der Waals surface area contributed by atoms with E-state index in [9.17, 15) is 52.7 Å². The van der Waals surface area contributed by atoms with Crippen molar-refractivity contribution in [2.45, 2.75) is 271 Å². The highest BCUT2D eigenvalue weighted by atomic mass is 16.5. The number of furan rings is 4. The van der Waals surface area contributed by atoms with Crippen molar-refractivity contribution >= 4 is 93.4 Å². The number of nitrogens with zero attached hydrogens (tertiary/aromatic N) is 13. The molecule has 0 spiro atoms. The average molecular weight is 1900 g/mol. The topological polar surface area (TPSA) is 313 Å². The lowest BCUT2D eigenvalue weighted by molar-refractivity contribution is -0.145. The van der Waals surface area contributed by atoms with E-state index in [0.717, 1.165) is 79.8 Å². The molecule has 8 aromatic rings. The van der Waals surface area contributed by atoms with Gasteiger partial charge in [-0.05, 0) is 216 Å². The summed E-state index contributed by atoms with van der Waals surface area (Å²) in [6, 6.07) is 34.1. The minimum Gasteiger partial charge on any atom is -0.496 e. The molecule has 30 heteroatoms. The molecule has 0 bridgehead atoms. The van der Waals surface area contributed by atoms with Gasteiger partial charge in [-0.3, -0.25) is 67.4 Å². The summed E-state index contributed by atoms with van der Waals surface area (Å²) < 4.78 is 27.4. The van der Waals surface area contributed by atoms with Crippen LogP contribution in [-0.4, -0.2) is 219 Å². The Balaban J connectivity index is 0.000000128. The Hall–Kier alpha value is -12.5. The molecule has 8 atom stereocenters. The van der Waals surface area contributed by atoms with Crippen molar-refractivity contribution in [1.82, 2.24) is 44.6 Å². The van der Waals surface area contributed by atoms with E-state index in [0.29, 0.717) is 117 Å². The Labute approximate surface area is 815 Å². The molecule has 11 amide bonds. The van der Waals surface area contributed by atoms with Crippen LogP contribution in [0.15, 0.2) is 170 Å². The predicted molar refractivity (Wildman–Crippen MR) is 526 cm³/mol. The smallest absolute Gasteiger partial charge is 0.295 e. The largest absolute Gasteiger partial charge is 0.496 e. The fourth-order valence-electron chi connectivity index (χ4n) is 23.7. The van der Waals surface area contributed by atoms with Crippen molar-refractivity contribution in [3.05, 3.63) is 198 Å². The van der Waals surface area contributed by atoms with Crippen LogP contribution in [0.3, 0.4) is 0 Å². The summed E-state index contributed by atoms with van der Waals surface area (Å²) in [6.45, 7) is 21.8. The molecule has 13 heterocycles. The van der Waals surface area contributed by atoms with Gasteiger partial charge in [0.1, 0.15) is 60.1 Å². The Morgan fingerprint density at radius 1 is 0.424 bits per heavy atom. The van der Waals surface area contributed by atoms with Gasteiger partial charge in [-0.25, -0.2) is 4.98 Å². The van der Waals surface area contributed by atoms with Gasteiger partial charge in [0, 0.05) is 44.5 Å². The Kier molecular flexibility index (Phi) is 31.0. The maximum absolute atomic E-state index is 14.0. The predicted octanol–water partition coefficient (Wildman–Crippen LogP) is 17.5. The number of benzene rings is 3. The zero-order valence-corrected chi connectivity index (χ0v) is 82.2. The molecule has 12 aliphatic rings. The summed E-state index contributed by atoms with van der Waals surface area (Å²) in [5, 5.41) is 2.90. The Morgan fingerprint density at radius 3 is 1.36 bits per heavy atom. The lowest BCUT2D eigenvalue weighted by atomic mass is 9.87. The molecule has 3 aromatic carbocycles. The molecule has 30 nitrogen and oxygen atoms in total. The molecule has 5 aromatic heterocycles. The molecular weight excluding hydrogens is 1760 g/mol. The quantitative estimate of drug-likeness (QED) is 0.0659. The van der Waals surface area contributed by atoms with Crippen LogP contribution in [0, 0.1) is 48.3 Å². The lowest BCUT2D eigenvalue weighted by Crippen LogP contribution is -2.71. The van der Waals surface area contributed by atoms with Gasteiger partial charge >= 0.3 is 0 Å². The fraction of sp³-hybridized carbons (Fsp3) is 0.541. The van der Waals surface area contributed by atoms with Crippen LogP contribution in [-0.2, 0) is 30.5 Å². The number of rotatable bonds is 22. The number of fused-ring (bicyclic) bond motifs is 10. The van der Waals surface area contributed by atoms with Crippen LogP contribution in [0.2, 0.25) is 0 Å². The number of aromatic nitrogens is 1. The number of ether oxygens (including phenoxy) is 1. The van der Waals surface area contributed by atoms with Gasteiger partial charge < -0.3 is 71.8 Å². The summed E-state index contributed by atoms with van der Waals surface area (Å²) in [7, 11) is 1.51. The molecule has 139 heavy (non-hydrogen) atoms. The summed E-state index contributed by atoms with van der Waals surface area (Å²) in [5.74, 6) is 2.37. The Bertz CT molecular complexity index is 5640. The molecule has 4 unspecified atom stereocenters. The maximum Gasteiger partial charge on any atom is 0.295 e. The van der Waals surface area contributed by atoms with E-state index in [2.05, 4.69) is 83.9 Å². The second-order valence-corrected chi connectivity index (χ2v) is 41.4. The molecule has 20 rings (SSSR count). The number of anilines is 5. The lowest BCUT2D eigenvalue weighted by Gasteiger charge is -2.54. The van der Waals surface area contributed by atoms with Gasteiger partial charge in [-0.1, -0.05) is 168 Å². The van der Waals surface area contributed by atoms with Gasteiger partial charge in [0.15, 0.2) is 28.7 Å². The van der Waals surface area contributed by atoms with Gasteiger partial charge in [0.05, 0.1) is 94.2 Å². The van der Waals surface area contributed by atoms with E-state index < -0.39 is 36.6 Å². The molecule has 4 aliphatic carbocycles. The van der Waals surface area contributed by atoms with Gasteiger partial charge in [-0.2, -0.15) is 0 Å². The standard InChI is InChI=1S/C28H36N4O4.C28H35N3O5.C28H37N3O3.C25H30N4O4/c1-19(2)15-25(33)29-21-17-31(28(35)24-13-8-14-36-24)26-18-30(16-20-9-4-3-5-10-20)22-11-6-7-12-23(22)32(26)27(21)34;1-18(2)15-21-26(32)29(16-19-9-5-4-6-10-19)17-24-30(27(33)23-13-8-14-36-23)20-11-7-12-22(35-3)25(20)28(34)31(21)24;1-19(2)14-24-27(32)29(16-21-8-5-4-6-9-21)18-26-30(28(33)25-10-7-13-34-25)17-22-15-20(3)11-12-23(22)31(24)26;1-2-8-19-23(30)27(15-17-9-4-3-5-10-17)16-21-28(24(31)20-12-7-14-33-20)18-11-6-13-26-22(18)25(32)29(19)21/h6-8,11-14,19-21,26H,3-5,9-10,15-18H2,1-2H3,(H,29,33);7-8,11-14,18-19,21,24H,4-6,9-10,15-17H2,1-3H3;7,10-13,15,19,21,24,26H,4-6,8-9,14,16-18H2,1-3H3;6-7,11-14,17,19,21H,2-5,8-10,15-16H2,1H3/t21-,26?;21-,24?;24-,26?;19-,21?/m0000/s1. The number of para-hydroxylation sites is 2. The van der Waals surface area contributed by atoms with Crippen LogP contribution >= 0.6 is 0 Å². The van der Waals surface area contributed by atoms with Crippen LogP contribution in [0.1, 0.15) is 283 Å². The third-order valence-electron chi connectivity index (χ3n) is 30.2. The molecule has 0 radical (unpaired) electrons. The third-order valence-corrected chi connectivity index (χ3v) is 30.2. The number of carbonyl (C=O) groups is 11. The van der Waals surface area contributed by atoms with Crippen LogP contribution in [0.25, 0.3) is 0 Å². The summed E-state index contributed by atoms with van der Waals surface area (Å²) in [4.78, 5) is 177. The highest BCUT2D eigenvalue weighted by Crippen LogP contribution is 2.47. The fourth-order valence-corrected chi connectivity index (χ4v) is 23.7. The molecular formula is C109H138N14O16.